The van der Waals surface area contributed by atoms with Crippen LogP contribution in [-0.4, -0.2) is 26.0 Å². The molecule has 0 atom stereocenters. The lowest BCUT2D eigenvalue weighted by atomic mass is 10.4. The van der Waals surface area contributed by atoms with E-state index in [-0.39, 0.29) is 5.91 Å². The van der Waals surface area contributed by atoms with Gasteiger partial charge in [0, 0.05) is 17.5 Å². The smallest absolute Gasteiger partial charge is 0.244 e. The van der Waals surface area contributed by atoms with Crippen molar-refractivity contribution < 1.29 is 4.79 Å². The van der Waals surface area contributed by atoms with Gasteiger partial charge in [-0.2, -0.15) is 0 Å². The van der Waals surface area contributed by atoms with Gasteiger partial charge in [0.2, 0.25) is 5.91 Å². The van der Waals surface area contributed by atoms with E-state index in [2.05, 4.69) is 10.6 Å². The van der Waals surface area contributed by atoms with Crippen LogP contribution in [0.3, 0.4) is 0 Å². The van der Waals surface area contributed by atoms with E-state index < -0.39 is 0 Å². The Morgan fingerprint density at radius 1 is 1.53 bits per heavy atom. The van der Waals surface area contributed by atoms with Gasteiger partial charge < -0.3 is 10.6 Å². The molecule has 1 rings (SSSR count). The number of carbonyl (C=O) groups excluding carboxylic acids is 1. The lowest BCUT2D eigenvalue weighted by molar-refractivity contribution is -0.116. The number of rotatable bonds is 6. The van der Waals surface area contributed by atoms with Crippen molar-refractivity contribution in [3.05, 3.63) is 28.5 Å². The minimum Gasteiger partial charge on any atom is -0.353 e. The van der Waals surface area contributed by atoms with E-state index in [0.717, 1.165) is 17.8 Å². The number of amides is 1. The fourth-order valence-corrected chi connectivity index (χ4v) is 1.70. The van der Waals surface area contributed by atoms with E-state index in [0.29, 0.717) is 6.54 Å². The summed E-state index contributed by atoms with van der Waals surface area (Å²) in [4.78, 5) is 12.4. The van der Waals surface area contributed by atoms with Crippen LogP contribution >= 0.6 is 11.3 Å². The van der Waals surface area contributed by atoms with Gasteiger partial charge in [-0.3, -0.25) is 4.79 Å². The summed E-state index contributed by atoms with van der Waals surface area (Å²) in [6.45, 7) is 1.64. The van der Waals surface area contributed by atoms with Gasteiger partial charge in [-0.15, -0.1) is 11.3 Å². The van der Waals surface area contributed by atoms with Crippen molar-refractivity contribution in [2.45, 2.75) is 6.42 Å². The lowest BCUT2D eigenvalue weighted by Crippen LogP contribution is -2.24. The summed E-state index contributed by atoms with van der Waals surface area (Å²) in [6, 6.07) is 3.95. The first-order valence-corrected chi connectivity index (χ1v) is 5.85. The third kappa shape index (κ3) is 5.34. The molecule has 2 N–H and O–H groups in total. The van der Waals surface area contributed by atoms with Crippen LogP contribution in [0.2, 0.25) is 0 Å². The van der Waals surface area contributed by atoms with E-state index in [1.807, 2.05) is 30.6 Å². The van der Waals surface area contributed by atoms with Crippen molar-refractivity contribution in [1.29, 1.82) is 0 Å². The highest BCUT2D eigenvalue weighted by atomic mass is 32.1. The first-order chi connectivity index (χ1) is 7.33. The van der Waals surface area contributed by atoms with Crippen LogP contribution in [0.15, 0.2) is 23.6 Å². The monoisotopic (exact) mass is 224 g/mol. The normalized spacial score (nSPS) is 10.7. The number of thiophene rings is 1. The van der Waals surface area contributed by atoms with Crippen LogP contribution < -0.4 is 10.6 Å². The minimum atomic E-state index is -0.0282. The highest BCUT2D eigenvalue weighted by Gasteiger charge is 1.94. The van der Waals surface area contributed by atoms with E-state index in [1.165, 1.54) is 0 Å². The predicted molar refractivity (Wildman–Crippen MR) is 64.9 cm³/mol. The van der Waals surface area contributed by atoms with Crippen LogP contribution in [0, 0.1) is 0 Å². The summed E-state index contributed by atoms with van der Waals surface area (Å²) in [5.74, 6) is -0.0282. The van der Waals surface area contributed by atoms with Crippen LogP contribution in [0.1, 0.15) is 11.3 Å². The van der Waals surface area contributed by atoms with Crippen molar-refractivity contribution in [1.82, 2.24) is 10.6 Å². The number of hydrogen-bond donors (Lipinski definition) is 2. The van der Waals surface area contributed by atoms with Gasteiger partial charge >= 0.3 is 0 Å². The molecular weight excluding hydrogens is 208 g/mol. The van der Waals surface area contributed by atoms with Gasteiger partial charge in [0.1, 0.15) is 0 Å². The molecule has 1 aromatic heterocycles. The van der Waals surface area contributed by atoms with Gasteiger partial charge in [0.25, 0.3) is 0 Å². The summed E-state index contributed by atoms with van der Waals surface area (Å²) in [5.41, 5.74) is 0. The molecule has 0 aliphatic carbocycles. The van der Waals surface area contributed by atoms with Crippen molar-refractivity contribution >= 4 is 23.3 Å². The Morgan fingerprint density at radius 3 is 3.07 bits per heavy atom. The zero-order valence-electron chi connectivity index (χ0n) is 8.82. The highest BCUT2D eigenvalue weighted by Crippen LogP contribution is 2.09. The van der Waals surface area contributed by atoms with Crippen LogP contribution in [0.25, 0.3) is 6.08 Å². The molecule has 0 aromatic carbocycles. The summed E-state index contributed by atoms with van der Waals surface area (Å²) >= 11 is 1.62. The van der Waals surface area contributed by atoms with Gasteiger partial charge in [-0.1, -0.05) is 6.07 Å². The number of hydrogen-bond acceptors (Lipinski definition) is 3. The second kappa shape index (κ2) is 7.20. The molecule has 0 aliphatic rings. The maximum absolute atomic E-state index is 11.3. The van der Waals surface area contributed by atoms with E-state index in [9.17, 15) is 4.79 Å². The molecule has 1 amide bonds. The number of carbonyl (C=O) groups is 1. The summed E-state index contributed by atoms with van der Waals surface area (Å²) in [7, 11) is 1.90. The Hall–Kier alpha value is -1.13. The Kier molecular flexibility index (Phi) is 5.73. The third-order valence-corrected chi connectivity index (χ3v) is 2.68. The molecule has 0 saturated heterocycles. The average molecular weight is 224 g/mol. The fourth-order valence-electron chi connectivity index (χ4n) is 1.08. The molecule has 0 saturated carbocycles. The topological polar surface area (TPSA) is 41.1 Å². The second-order valence-electron chi connectivity index (χ2n) is 3.10. The molecule has 4 heteroatoms. The standard InChI is InChI=1S/C11H16N2OS/c1-12-7-3-8-13-11(14)6-5-10-4-2-9-15-10/h2,4-6,9,12H,3,7-8H2,1H3,(H,13,14). The van der Waals surface area contributed by atoms with E-state index in [4.69, 9.17) is 0 Å². The summed E-state index contributed by atoms with van der Waals surface area (Å²) in [6.07, 6.45) is 4.36. The van der Waals surface area contributed by atoms with E-state index >= 15 is 0 Å². The Labute approximate surface area is 94.2 Å². The minimum absolute atomic E-state index is 0.0282. The largest absolute Gasteiger partial charge is 0.353 e. The predicted octanol–water partition coefficient (Wildman–Crippen LogP) is 1.49. The Morgan fingerprint density at radius 2 is 2.40 bits per heavy atom. The maximum atomic E-state index is 11.3. The van der Waals surface area contributed by atoms with Crippen LogP contribution in [0.5, 0.6) is 0 Å². The molecule has 15 heavy (non-hydrogen) atoms. The molecule has 0 unspecified atom stereocenters. The Bertz CT molecular complexity index is 306. The van der Waals surface area contributed by atoms with Gasteiger partial charge in [0.15, 0.2) is 0 Å². The van der Waals surface area contributed by atoms with Gasteiger partial charge in [0.05, 0.1) is 0 Å². The highest BCUT2D eigenvalue weighted by molar-refractivity contribution is 7.10. The average Bonchev–Trinajstić information content (AvgIpc) is 2.74. The van der Waals surface area contributed by atoms with Crippen molar-refractivity contribution in [3.63, 3.8) is 0 Å². The molecule has 1 heterocycles. The molecule has 0 spiro atoms. The summed E-state index contributed by atoms with van der Waals surface area (Å²) < 4.78 is 0. The van der Waals surface area contributed by atoms with Crippen molar-refractivity contribution in [2.24, 2.45) is 0 Å². The second-order valence-corrected chi connectivity index (χ2v) is 4.08. The van der Waals surface area contributed by atoms with E-state index in [1.54, 1.807) is 17.4 Å². The SMILES string of the molecule is CNCCCNC(=O)C=Cc1cccs1. The summed E-state index contributed by atoms with van der Waals surface area (Å²) in [5, 5.41) is 7.84. The molecule has 3 nitrogen and oxygen atoms in total. The first-order valence-electron chi connectivity index (χ1n) is 4.97. The molecule has 1 aromatic rings. The zero-order chi connectivity index (χ0) is 10.9. The third-order valence-electron chi connectivity index (χ3n) is 1.84. The zero-order valence-corrected chi connectivity index (χ0v) is 9.64. The Balaban J connectivity index is 2.18. The van der Waals surface area contributed by atoms with Crippen LogP contribution in [-0.2, 0) is 4.79 Å². The lowest BCUT2D eigenvalue weighted by Gasteiger charge is -2.00. The van der Waals surface area contributed by atoms with Gasteiger partial charge in [-0.05, 0) is 37.5 Å². The molecule has 0 aliphatic heterocycles. The van der Waals surface area contributed by atoms with Crippen LogP contribution in [0.4, 0.5) is 0 Å². The fraction of sp³-hybridized carbons (Fsp3) is 0.364. The van der Waals surface area contributed by atoms with Crippen molar-refractivity contribution in [2.75, 3.05) is 20.1 Å². The molecule has 0 fully saturated rings. The molecule has 0 radical (unpaired) electrons. The first kappa shape index (κ1) is 11.9. The number of nitrogens with one attached hydrogen (secondary N) is 2. The van der Waals surface area contributed by atoms with Gasteiger partial charge in [-0.25, -0.2) is 0 Å². The van der Waals surface area contributed by atoms with Crippen molar-refractivity contribution in [3.8, 4) is 0 Å². The molecular formula is C11H16N2OS. The molecule has 82 valence electrons. The maximum Gasteiger partial charge on any atom is 0.244 e. The quantitative estimate of drug-likeness (QED) is 0.568. The molecule has 0 bridgehead atoms.